The van der Waals surface area contributed by atoms with E-state index in [1.165, 1.54) is 88.0 Å². The largest absolute Gasteiger partial charge is 0.495 e. The Kier molecular flexibility index (Phi) is 8.04. The van der Waals surface area contributed by atoms with Gasteiger partial charge in [0.25, 0.3) is 0 Å². The number of carboxylic acids is 1. The van der Waals surface area contributed by atoms with Crippen LogP contribution in [0.3, 0.4) is 0 Å². The lowest BCUT2D eigenvalue weighted by Crippen LogP contribution is -2.23. The number of benzene rings is 1. The number of ether oxygens (including phenoxy) is 1. The molecular weight excluding hydrogens is 497 g/mol. The Morgan fingerprint density at radius 1 is 1.17 bits per heavy atom. The number of hydrogen-bond acceptors (Lipinski definition) is 7. The van der Waals surface area contributed by atoms with Crippen LogP contribution in [-0.2, 0) is 13.1 Å². The molecule has 2 N–H and O–H groups in total. The molecular formula is C27H32FN3O3S2. The Morgan fingerprint density at radius 2 is 1.92 bits per heavy atom. The molecule has 6 nitrogen and oxygen atoms in total. The lowest BCUT2D eigenvalue weighted by molar-refractivity contribution is 0.0691. The third-order valence-electron chi connectivity index (χ3n) is 7.70. The number of nitrogens with zero attached hydrogens (tertiary/aromatic N) is 2. The van der Waals surface area contributed by atoms with Crippen molar-refractivity contribution in [3.63, 3.8) is 0 Å². The average Bonchev–Trinajstić information content (AvgIpc) is 3.45. The minimum absolute atomic E-state index is 0.277. The predicted octanol–water partition coefficient (Wildman–Crippen LogP) is 6.72. The average molecular weight is 530 g/mol. The fourth-order valence-electron chi connectivity index (χ4n) is 5.72. The number of anilines is 1. The summed E-state index contributed by atoms with van der Waals surface area (Å²) in [4.78, 5) is 17.1. The van der Waals surface area contributed by atoms with E-state index in [0.717, 1.165) is 35.1 Å². The number of carboxylic acid groups (broad SMARTS) is 1. The number of aromatic carboxylic acids is 1. The number of hydrogen-bond donors (Lipinski definition) is 2. The highest BCUT2D eigenvalue weighted by Gasteiger charge is 2.28. The van der Waals surface area contributed by atoms with Gasteiger partial charge in [-0.15, -0.1) is 11.3 Å². The summed E-state index contributed by atoms with van der Waals surface area (Å²) in [5.41, 5.74) is 1.01. The number of carbonyl (C=O) groups is 1. The van der Waals surface area contributed by atoms with Crippen molar-refractivity contribution in [1.82, 2.24) is 9.29 Å². The molecule has 2 fully saturated rings. The van der Waals surface area contributed by atoms with Crippen LogP contribution < -0.4 is 9.46 Å². The van der Waals surface area contributed by atoms with E-state index in [-0.39, 0.29) is 5.75 Å². The van der Waals surface area contributed by atoms with Gasteiger partial charge in [0.15, 0.2) is 5.01 Å². The summed E-state index contributed by atoms with van der Waals surface area (Å²) < 4.78 is 24.5. The molecule has 0 saturated heterocycles. The number of methoxy groups -OCH3 is 1. The van der Waals surface area contributed by atoms with E-state index < -0.39 is 17.3 Å². The fraction of sp³-hybridized carbons (Fsp3) is 0.556. The van der Waals surface area contributed by atoms with Crippen molar-refractivity contribution < 1.29 is 19.0 Å². The smallest absolute Gasteiger partial charge is 0.338 e. The Morgan fingerprint density at radius 3 is 2.61 bits per heavy atom. The summed E-state index contributed by atoms with van der Waals surface area (Å²) in [6, 6.07) is 2.34. The zero-order chi connectivity index (χ0) is 25.1. The number of thiazole rings is 1. The van der Waals surface area contributed by atoms with Crippen molar-refractivity contribution in [3.8, 4) is 17.6 Å². The molecule has 0 atom stereocenters. The molecule has 2 heterocycles. The predicted molar refractivity (Wildman–Crippen MR) is 141 cm³/mol. The van der Waals surface area contributed by atoms with E-state index in [2.05, 4.69) is 20.9 Å². The van der Waals surface area contributed by atoms with Crippen molar-refractivity contribution in [3.05, 3.63) is 39.1 Å². The lowest BCUT2D eigenvalue weighted by Gasteiger charge is -2.34. The zero-order valence-electron chi connectivity index (χ0n) is 20.5. The van der Waals surface area contributed by atoms with Gasteiger partial charge in [-0.25, -0.2) is 18.5 Å². The van der Waals surface area contributed by atoms with E-state index in [4.69, 9.17) is 14.8 Å². The fourth-order valence-corrected chi connectivity index (χ4v) is 7.51. The van der Waals surface area contributed by atoms with Crippen LogP contribution in [0.5, 0.6) is 5.75 Å². The molecule has 0 unspecified atom stereocenters. The van der Waals surface area contributed by atoms with Crippen molar-refractivity contribution in [2.75, 3.05) is 11.8 Å². The van der Waals surface area contributed by atoms with Crippen molar-refractivity contribution in [1.29, 1.82) is 0 Å². The van der Waals surface area contributed by atoms with Gasteiger partial charge in [-0.1, -0.05) is 38.0 Å². The number of halogens is 1. The van der Waals surface area contributed by atoms with Gasteiger partial charge in [-0.2, -0.15) is 0 Å². The quantitative estimate of drug-likeness (QED) is 0.318. The molecule has 36 heavy (non-hydrogen) atoms. The number of aromatic nitrogens is 1. The molecule has 0 bridgehead atoms. The molecule has 2 saturated carbocycles. The van der Waals surface area contributed by atoms with E-state index in [0.29, 0.717) is 18.2 Å². The van der Waals surface area contributed by atoms with Crippen molar-refractivity contribution in [2.24, 2.45) is 17.8 Å². The highest BCUT2D eigenvalue weighted by molar-refractivity contribution is 7.98. The highest BCUT2D eigenvalue weighted by Crippen LogP contribution is 2.40. The van der Waals surface area contributed by atoms with Crippen LogP contribution >= 0.6 is 23.5 Å². The van der Waals surface area contributed by atoms with Crippen molar-refractivity contribution >= 4 is 35.1 Å². The zero-order valence-corrected chi connectivity index (χ0v) is 22.2. The van der Waals surface area contributed by atoms with Gasteiger partial charge in [0.2, 0.25) is 0 Å². The summed E-state index contributed by atoms with van der Waals surface area (Å²) in [6.07, 6.45) is 12.3. The van der Waals surface area contributed by atoms with Crippen LogP contribution in [0.15, 0.2) is 12.1 Å². The van der Waals surface area contributed by atoms with Crippen LogP contribution in [0, 0.1) is 35.4 Å². The molecule has 0 spiro atoms. The molecule has 192 valence electrons. The Bertz CT molecular complexity index is 1140. The maximum atomic E-state index is 14.1. The molecule has 1 aliphatic heterocycles. The maximum absolute atomic E-state index is 14.1. The normalized spacial score (nSPS) is 22.5. The number of rotatable bonds is 6. The topological polar surface area (TPSA) is 74.7 Å². The molecule has 3 aliphatic rings. The summed E-state index contributed by atoms with van der Waals surface area (Å²) in [7, 11) is 1.43. The van der Waals surface area contributed by atoms with Crippen LogP contribution in [0.25, 0.3) is 0 Å². The first-order valence-electron chi connectivity index (χ1n) is 12.8. The SMILES string of the molecule is COc1cc(C(=O)O)c(F)cc1NSN1Cc2nc(C#CC3CCC(C4CCCCC4)CC3)sc2C1. The Labute approximate surface area is 220 Å². The minimum Gasteiger partial charge on any atom is -0.495 e. The monoisotopic (exact) mass is 529 g/mol. The summed E-state index contributed by atoms with van der Waals surface area (Å²) >= 11 is 2.98. The first-order chi connectivity index (χ1) is 17.5. The third-order valence-corrected chi connectivity index (χ3v) is 9.53. The molecule has 9 heteroatoms. The van der Waals surface area contributed by atoms with E-state index in [1.54, 1.807) is 11.3 Å². The van der Waals surface area contributed by atoms with E-state index in [1.807, 2.05) is 0 Å². The van der Waals surface area contributed by atoms with Crippen LogP contribution in [-0.4, -0.2) is 27.5 Å². The first kappa shape index (κ1) is 25.4. The second-order valence-electron chi connectivity index (χ2n) is 10.00. The van der Waals surface area contributed by atoms with Crippen LogP contribution in [0.1, 0.15) is 83.7 Å². The van der Waals surface area contributed by atoms with E-state index in [9.17, 15) is 9.18 Å². The Balaban J connectivity index is 1.12. The summed E-state index contributed by atoms with van der Waals surface area (Å²) in [5.74, 6) is 7.41. The third kappa shape index (κ3) is 5.82. The lowest BCUT2D eigenvalue weighted by atomic mass is 9.71. The van der Waals surface area contributed by atoms with Crippen LogP contribution in [0.2, 0.25) is 0 Å². The molecule has 0 amide bonds. The van der Waals surface area contributed by atoms with Gasteiger partial charge in [0, 0.05) is 35.5 Å². The molecule has 1 aromatic carbocycles. The Hall–Kier alpha value is -2.28. The van der Waals surface area contributed by atoms with Gasteiger partial charge in [-0.3, -0.25) is 0 Å². The van der Waals surface area contributed by atoms with Crippen molar-refractivity contribution in [2.45, 2.75) is 70.9 Å². The second kappa shape index (κ2) is 11.4. The van der Waals surface area contributed by atoms with E-state index >= 15 is 0 Å². The minimum atomic E-state index is -1.33. The standard InChI is InChI=1S/C27H32FN3O3S2/c1-34-24-13-20(27(32)33)21(28)14-22(24)30-36-31-15-23-25(16-31)35-26(29-23)12-9-17-7-10-19(11-8-17)18-5-3-2-4-6-18/h13-14,17-19,30H,2-8,10-11,15-16H2,1H3,(H,32,33). The molecule has 0 radical (unpaired) electrons. The van der Waals surface area contributed by atoms with Gasteiger partial charge in [0.05, 0.1) is 30.6 Å². The molecule has 1 aromatic heterocycles. The van der Waals surface area contributed by atoms with Crippen LogP contribution in [0.4, 0.5) is 10.1 Å². The first-order valence-corrected chi connectivity index (χ1v) is 14.4. The second-order valence-corrected chi connectivity index (χ2v) is 12.0. The maximum Gasteiger partial charge on any atom is 0.338 e. The van der Waals surface area contributed by atoms with Gasteiger partial charge < -0.3 is 14.6 Å². The van der Waals surface area contributed by atoms with Gasteiger partial charge in [-0.05, 0) is 49.5 Å². The number of fused-ring (bicyclic) bond motifs is 1. The molecule has 2 aliphatic carbocycles. The number of nitrogens with one attached hydrogen (secondary N) is 1. The summed E-state index contributed by atoms with van der Waals surface area (Å²) in [5, 5.41) is 10.0. The molecule has 2 aromatic rings. The molecule has 5 rings (SSSR count). The van der Waals surface area contributed by atoms with Gasteiger partial charge >= 0.3 is 5.97 Å². The highest BCUT2D eigenvalue weighted by atomic mass is 32.2. The van der Waals surface area contributed by atoms with Gasteiger partial charge in [0.1, 0.15) is 11.6 Å². The summed E-state index contributed by atoms with van der Waals surface area (Å²) in [6.45, 7) is 1.38.